The van der Waals surface area contributed by atoms with E-state index in [9.17, 15) is 34.2 Å². The lowest BCUT2D eigenvalue weighted by Crippen LogP contribution is -2.57. The Kier molecular flexibility index (Phi) is 13.8. The van der Waals surface area contributed by atoms with Gasteiger partial charge in [0.2, 0.25) is 17.7 Å². The smallest absolute Gasteiger partial charge is 0.326 e. The van der Waals surface area contributed by atoms with Gasteiger partial charge in [-0.25, -0.2) is 4.79 Å². The molecule has 1 aliphatic heterocycles. The number of hydrogen-bond acceptors (Lipinski definition) is 8. The fourth-order valence-corrected chi connectivity index (χ4v) is 3.63. The van der Waals surface area contributed by atoms with Gasteiger partial charge in [0, 0.05) is 6.54 Å². The summed E-state index contributed by atoms with van der Waals surface area (Å²) in [6.07, 6.45) is 2.07. The molecule has 0 saturated carbocycles. The van der Waals surface area contributed by atoms with Gasteiger partial charge in [-0.15, -0.1) is 0 Å². The second kappa shape index (κ2) is 16.3. The van der Waals surface area contributed by atoms with E-state index in [0.29, 0.717) is 32.4 Å². The van der Waals surface area contributed by atoms with Crippen LogP contribution in [0.15, 0.2) is 4.99 Å². The Morgan fingerprint density at radius 2 is 1.56 bits per heavy atom. The first-order valence-corrected chi connectivity index (χ1v) is 11.9. The van der Waals surface area contributed by atoms with Crippen LogP contribution in [0.2, 0.25) is 0 Å². The van der Waals surface area contributed by atoms with Gasteiger partial charge >= 0.3 is 11.9 Å². The standard InChI is InChI=1S/C21H38N8O7/c22-8-2-1-5-14(20(35)36)28-18(33)13(7-4-10-26-21(23)24)27-19(34)15(11-16(30)31)29-17(32)12-6-3-9-25-12/h12-15,25H,1-11,22H2,(H,27,34)(H,28,33)(H,29,32)(H,30,31)(H,35,36)(H4,23,24,26). The zero-order chi connectivity index (χ0) is 27.1. The highest BCUT2D eigenvalue weighted by Gasteiger charge is 2.32. The molecule has 0 spiro atoms. The van der Waals surface area contributed by atoms with E-state index in [2.05, 4.69) is 26.3 Å². The van der Waals surface area contributed by atoms with Gasteiger partial charge in [-0.05, 0) is 58.0 Å². The van der Waals surface area contributed by atoms with Gasteiger partial charge in [0.05, 0.1) is 12.5 Å². The third-order valence-corrected chi connectivity index (χ3v) is 5.53. The van der Waals surface area contributed by atoms with Crippen molar-refractivity contribution in [3.8, 4) is 0 Å². The molecule has 0 aromatic carbocycles. The zero-order valence-electron chi connectivity index (χ0n) is 20.2. The van der Waals surface area contributed by atoms with E-state index in [-0.39, 0.29) is 31.8 Å². The zero-order valence-corrected chi connectivity index (χ0v) is 20.2. The molecule has 0 aliphatic carbocycles. The molecule has 1 aliphatic rings. The number of hydrogen-bond donors (Lipinski definition) is 9. The van der Waals surface area contributed by atoms with Crippen molar-refractivity contribution in [1.29, 1.82) is 0 Å². The van der Waals surface area contributed by atoms with E-state index in [1.807, 2.05) is 0 Å². The lowest BCUT2D eigenvalue weighted by molar-refractivity contribution is -0.143. The molecule has 1 fully saturated rings. The predicted molar refractivity (Wildman–Crippen MR) is 130 cm³/mol. The monoisotopic (exact) mass is 514 g/mol. The molecule has 1 heterocycles. The summed E-state index contributed by atoms with van der Waals surface area (Å²) in [5.74, 6) is -4.91. The number of carbonyl (C=O) groups excluding carboxylic acids is 3. The average Bonchev–Trinajstić information content (AvgIpc) is 3.34. The first kappa shape index (κ1) is 30.6. The molecule has 1 rings (SSSR count). The van der Waals surface area contributed by atoms with E-state index in [0.717, 1.165) is 6.42 Å². The number of aliphatic carboxylic acids is 2. The summed E-state index contributed by atoms with van der Waals surface area (Å²) in [6.45, 7) is 1.14. The van der Waals surface area contributed by atoms with Crippen LogP contribution < -0.4 is 38.5 Å². The topological polar surface area (TPSA) is 264 Å². The van der Waals surface area contributed by atoms with E-state index in [1.54, 1.807) is 0 Å². The van der Waals surface area contributed by atoms with Crippen LogP contribution in [0, 0.1) is 0 Å². The molecule has 12 N–H and O–H groups in total. The Bertz CT molecular complexity index is 797. The van der Waals surface area contributed by atoms with Gasteiger partial charge in [-0.1, -0.05) is 0 Å². The predicted octanol–water partition coefficient (Wildman–Crippen LogP) is -3.07. The third-order valence-electron chi connectivity index (χ3n) is 5.53. The molecule has 4 unspecified atom stereocenters. The van der Waals surface area contributed by atoms with E-state index >= 15 is 0 Å². The Hall–Kier alpha value is -3.46. The van der Waals surface area contributed by atoms with Crippen LogP contribution in [0.25, 0.3) is 0 Å². The fourth-order valence-electron chi connectivity index (χ4n) is 3.63. The van der Waals surface area contributed by atoms with Gasteiger partial charge < -0.3 is 48.7 Å². The molecular weight excluding hydrogens is 476 g/mol. The van der Waals surface area contributed by atoms with Gasteiger partial charge in [0.15, 0.2) is 5.96 Å². The van der Waals surface area contributed by atoms with Crippen LogP contribution >= 0.6 is 0 Å². The first-order chi connectivity index (χ1) is 17.0. The fraction of sp³-hybridized carbons (Fsp3) is 0.714. The van der Waals surface area contributed by atoms with Crippen molar-refractivity contribution in [3.63, 3.8) is 0 Å². The molecule has 0 aromatic heterocycles. The summed E-state index contributed by atoms with van der Waals surface area (Å²) in [5.41, 5.74) is 16.0. The van der Waals surface area contributed by atoms with Crippen molar-refractivity contribution >= 4 is 35.6 Å². The van der Waals surface area contributed by atoms with Gasteiger partial charge in [0.25, 0.3) is 0 Å². The van der Waals surface area contributed by atoms with E-state index in [4.69, 9.17) is 17.2 Å². The minimum atomic E-state index is -1.44. The van der Waals surface area contributed by atoms with Crippen LogP contribution in [0.1, 0.15) is 51.4 Å². The molecular formula is C21H38N8O7. The summed E-state index contributed by atoms with van der Waals surface area (Å²) in [5, 5.41) is 28.9. The molecule has 204 valence electrons. The summed E-state index contributed by atoms with van der Waals surface area (Å²) in [7, 11) is 0. The lowest BCUT2D eigenvalue weighted by Gasteiger charge is -2.24. The highest BCUT2D eigenvalue weighted by atomic mass is 16.4. The van der Waals surface area contributed by atoms with Crippen LogP contribution in [0.5, 0.6) is 0 Å². The SMILES string of the molecule is NCCCCC(NC(=O)C(CCCN=C(N)N)NC(=O)C(CC(=O)O)NC(=O)C1CCCN1)C(=O)O. The number of rotatable bonds is 17. The maximum atomic E-state index is 12.9. The maximum Gasteiger partial charge on any atom is 0.326 e. The summed E-state index contributed by atoms with van der Waals surface area (Å²) in [4.78, 5) is 65.0. The van der Waals surface area contributed by atoms with Crippen molar-refractivity contribution in [1.82, 2.24) is 21.3 Å². The van der Waals surface area contributed by atoms with Crippen LogP contribution in [-0.2, 0) is 24.0 Å². The number of carbonyl (C=O) groups is 5. The number of unbranched alkanes of at least 4 members (excludes halogenated alkanes) is 1. The van der Waals surface area contributed by atoms with Crippen molar-refractivity contribution in [2.24, 2.45) is 22.2 Å². The molecule has 4 atom stereocenters. The molecule has 1 saturated heterocycles. The number of guanidine groups is 1. The highest BCUT2D eigenvalue weighted by molar-refractivity contribution is 5.95. The van der Waals surface area contributed by atoms with Crippen LogP contribution in [0.3, 0.4) is 0 Å². The third kappa shape index (κ3) is 11.8. The Morgan fingerprint density at radius 1 is 0.917 bits per heavy atom. The lowest BCUT2D eigenvalue weighted by atomic mass is 10.1. The molecule has 0 bridgehead atoms. The van der Waals surface area contributed by atoms with Gasteiger partial charge in [0.1, 0.15) is 18.1 Å². The second-order valence-corrected chi connectivity index (χ2v) is 8.50. The number of carboxylic acid groups (broad SMARTS) is 2. The first-order valence-electron chi connectivity index (χ1n) is 11.9. The number of amides is 3. The van der Waals surface area contributed by atoms with E-state index in [1.165, 1.54) is 0 Å². The second-order valence-electron chi connectivity index (χ2n) is 8.50. The van der Waals surface area contributed by atoms with Crippen molar-refractivity contribution in [2.45, 2.75) is 75.5 Å². The molecule has 0 aromatic rings. The molecule has 3 amide bonds. The van der Waals surface area contributed by atoms with Crippen molar-refractivity contribution < 1.29 is 34.2 Å². The number of aliphatic imine (C=N–C) groups is 1. The number of nitrogens with zero attached hydrogens (tertiary/aromatic N) is 1. The quantitative estimate of drug-likeness (QED) is 0.0534. The molecule has 36 heavy (non-hydrogen) atoms. The molecule has 0 radical (unpaired) electrons. The minimum absolute atomic E-state index is 0.0292. The number of nitrogens with two attached hydrogens (primary N) is 3. The Labute approximate surface area is 209 Å². The number of nitrogens with one attached hydrogen (secondary N) is 4. The summed E-state index contributed by atoms with van der Waals surface area (Å²) < 4.78 is 0. The Morgan fingerprint density at radius 3 is 2.11 bits per heavy atom. The van der Waals surface area contributed by atoms with Crippen molar-refractivity contribution in [2.75, 3.05) is 19.6 Å². The average molecular weight is 515 g/mol. The summed E-state index contributed by atoms with van der Waals surface area (Å²) in [6, 6.07) is -4.41. The van der Waals surface area contributed by atoms with Crippen LogP contribution in [0.4, 0.5) is 0 Å². The maximum absolute atomic E-state index is 12.9. The summed E-state index contributed by atoms with van der Waals surface area (Å²) >= 11 is 0. The molecule has 15 heteroatoms. The van der Waals surface area contributed by atoms with Crippen molar-refractivity contribution in [3.05, 3.63) is 0 Å². The number of carboxylic acids is 2. The van der Waals surface area contributed by atoms with Gasteiger partial charge in [-0.3, -0.25) is 24.2 Å². The largest absolute Gasteiger partial charge is 0.481 e. The molecule has 15 nitrogen and oxygen atoms in total. The van der Waals surface area contributed by atoms with E-state index < -0.39 is 60.2 Å². The highest BCUT2D eigenvalue weighted by Crippen LogP contribution is 2.08. The Balaban J connectivity index is 2.95. The minimum Gasteiger partial charge on any atom is -0.481 e. The normalized spacial score (nSPS) is 17.3. The van der Waals surface area contributed by atoms with Gasteiger partial charge in [-0.2, -0.15) is 0 Å². The van der Waals surface area contributed by atoms with Crippen LogP contribution in [-0.4, -0.2) is 89.6 Å².